The summed E-state index contributed by atoms with van der Waals surface area (Å²) in [5.74, 6) is 0. The molecule has 1 N–H and O–H groups in total. The third kappa shape index (κ3) is 4.08. The van der Waals surface area contributed by atoms with Crippen LogP contribution in [0.3, 0.4) is 0 Å². The lowest BCUT2D eigenvalue weighted by Crippen LogP contribution is -2.34. The minimum absolute atomic E-state index is 0.238. The van der Waals surface area contributed by atoms with Crippen LogP contribution < -0.4 is 4.72 Å². The summed E-state index contributed by atoms with van der Waals surface area (Å²) >= 11 is 0. The molecule has 16 heavy (non-hydrogen) atoms. The van der Waals surface area contributed by atoms with Crippen molar-refractivity contribution >= 4 is 11.0 Å². The van der Waals surface area contributed by atoms with Crippen molar-refractivity contribution in [1.82, 2.24) is 4.72 Å². The predicted octanol–water partition coefficient (Wildman–Crippen LogP) is 1.27. The number of nitrogens with zero attached hydrogens (tertiary/aromatic N) is 1. The molecule has 1 rings (SSSR count). The Labute approximate surface area is 96.6 Å². The summed E-state index contributed by atoms with van der Waals surface area (Å²) in [7, 11) is -1.39. The van der Waals surface area contributed by atoms with Crippen molar-refractivity contribution < 1.29 is 9.13 Å². The van der Waals surface area contributed by atoms with Gasteiger partial charge in [0.2, 0.25) is 6.54 Å². The third-order valence-corrected chi connectivity index (χ3v) is 3.28. The maximum atomic E-state index is 11.7. The van der Waals surface area contributed by atoms with Crippen LogP contribution >= 0.6 is 0 Å². The second-order valence-corrected chi connectivity index (χ2v) is 4.86. The first-order valence-corrected chi connectivity index (χ1v) is 6.00. The molecule has 0 fully saturated rings. The van der Waals surface area contributed by atoms with Gasteiger partial charge >= 0.3 is 0 Å². The molecule has 0 heterocycles. The standard InChI is InChI=1S/C10H14N2O3S/c1-8-3-5-10(6-4-8)16(15)11-9(2)7-12(13)14/h3-6,9,11H,7H2,1-2H3/t9-,16-/m0/s1. The fraction of sp³-hybridized carbons (Fsp3) is 0.400. The highest BCUT2D eigenvalue weighted by atomic mass is 32.2. The Kier molecular flexibility index (Phi) is 4.57. The quantitative estimate of drug-likeness (QED) is 0.624. The van der Waals surface area contributed by atoms with E-state index in [1.165, 1.54) is 0 Å². The molecular weight excluding hydrogens is 228 g/mol. The van der Waals surface area contributed by atoms with Gasteiger partial charge in [0.1, 0.15) is 11.0 Å². The van der Waals surface area contributed by atoms with Crippen molar-refractivity contribution in [2.75, 3.05) is 6.54 Å². The maximum Gasteiger partial charge on any atom is 0.219 e. The van der Waals surface area contributed by atoms with Crippen molar-refractivity contribution in [2.24, 2.45) is 0 Å². The van der Waals surface area contributed by atoms with Gasteiger partial charge in [-0.2, -0.15) is 0 Å². The highest BCUT2D eigenvalue weighted by Gasteiger charge is 2.12. The molecule has 0 unspecified atom stereocenters. The second kappa shape index (κ2) is 5.72. The number of aryl methyl sites for hydroxylation is 1. The Morgan fingerprint density at radius 2 is 2.00 bits per heavy atom. The van der Waals surface area contributed by atoms with Gasteiger partial charge in [-0.25, -0.2) is 8.93 Å². The van der Waals surface area contributed by atoms with E-state index in [9.17, 15) is 14.3 Å². The van der Waals surface area contributed by atoms with E-state index in [0.29, 0.717) is 4.90 Å². The molecule has 88 valence electrons. The molecule has 0 spiro atoms. The zero-order valence-electron chi connectivity index (χ0n) is 9.17. The highest BCUT2D eigenvalue weighted by Crippen LogP contribution is 2.07. The zero-order chi connectivity index (χ0) is 12.1. The summed E-state index contributed by atoms with van der Waals surface area (Å²) in [4.78, 5) is 10.4. The van der Waals surface area contributed by atoms with Crippen LogP contribution in [0.1, 0.15) is 12.5 Å². The van der Waals surface area contributed by atoms with E-state index in [1.807, 2.05) is 19.1 Å². The average Bonchev–Trinajstić information content (AvgIpc) is 2.16. The first-order valence-electron chi connectivity index (χ1n) is 4.85. The molecule has 0 saturated carbocycles. The zero-order valence-corrected chi connectivity index (χ0v) is 9.99. The van der Waals surface area contributed by atoms with Gasteiger partial charge in [0, 0.05) is 4.92 Å². The van der Waals surface area contributed by atoms with E-state index >= 15 is 0 Å². The van der Waals surface area contributed by atoms with E-state index in [1.54, 1.807) is 19.1 Å². The van der Waals surface area contributed by atoms with E-state index in [-0.39, 0.29) is 6.54 Å². The number of hydrogen-bond acceptors (Lipinski definition) is 3. The summed E-state index contributed by atoms with van der Waals surface area (Å²) < 4.78 is 14.4. The van der Waals surface area contributed by atoms with Crippen LogP contribution in [0.25, 0.3) is 0 Å². The minimum Gasteiger partial charge on any atom is -0.264 e. The lowest BCUT2D eigenvalue weighted by molar-refractivity contribution is -0.482. The molecule has 5 nitrogen and oxygen atoms in total. The Morgan fingerprint density at radius 3 is 2.50 bits per heavy atom. The van der Waals surface area contributed by atoms with Crippen LogP contribution in [0, 0.1) is 17.0 Å². The first kappa shape index (κ1) is 12.8. The fourth-order valence-corrected chi connectivity index (χ4v) is 2.13. The van der Waals surface area contributed by atoms with Crippen molar-refractivity contribution in [3.05, 3.63) is 39.9 Å². The fourth-order valence-electron chi connectivity index (χ4n) is 1.17. The van der Waals surface area contributed by atoms with Gasteiger partial charge in [-0.15, -0.1) is 0 Å². The number of benzene rings is 1. The number of hydrogen-bond donors (Lipinski definition) is 1. The highest BCUT2D eigenvalue weighted by molar-refractivity contribution is 7.83. The van der Waals surface area contributed by atoms with E-state index in [0.717, 1.165) is 5.56 Å². The molecule has 0 aliphatic rings. The molecule has 6 heteroatoms. The average molecular weight is 242 g/mol. The molecule has 0 aromatic heterocycles. The number of nitro groups is 1. The molecule has 0 amide bonds. The molecule has 0 aliphatic heterocycles. The lowest BCUT2D eigenvalue weighted by atomic mass is 10.2. The van der Waals surface area contributed by atoms with E-state index in [4.69, 9.17) is 0 Å². The SMILES string of the molecule is Cc1ccc([S@](=O)N[C@@H](C)C[N+](=O)[O-])cc1. The Hall–Kier alpha value is -1.27. The van der Waals surface area contributed by atoms with Crippen molar-refractivity contribution in [1.29, 1.82) is 0 Å². The number of rotatable bonds is 5. The smallest absolute Gasteiger partial charge is 0.219 e. The van der Waals surface area contributed by atoms with Gasteiger partial charge < -0.3 is 0 Å². The molecule has 2 atom stereocenters. The largest absolute Gasteiger partial charge is 0.264 e. The van der Waals surface area contributed by atoms with Gasteiger partial charge in [-0.05, 0) is 26.0 Å². The van der Waals surface area contributed by atoms with Crippen LogP contribution in [0.15, 0.2) is 29.2 Å². The third-order valence-electron chi connectivity index (χ3n) is 1.97. The summed E-state index contributed by atoms with van der Waals surface area (Å²) in [6.45, 7) is 3.34. The summed E-state index contributed by atoms with van der Waals surface area (Å²) in [6.07, 6.45) is 0. The van der Waals surface area contributed by atoms with Gasteiger partial charge in [0.15, 0.2) is 0 Å². The summed E-state index contributed by atoms with van der Waals surface area (Å²) in [6, 6.07) is 6.78. The van der Waals surface area contributed by atoms with Crippen LogP contribution in [0.4, 0.5) is 0 Å². The van der Waals surface area contributed by atoms with Crippen molar-refractivity contribution in [2.45, 2.75) is 24.8 Å². The Bertz CT molecular complexity index is 392. The van der Waals surface area contributed by atoms with Crippen LogP contribution in [0.5, 0.6) is 0 Å². The normalized spacial score (nSPS) is 14.4. The van der Waals surface area contributed by atoms with Gasteiger partial charge in [0.05, 0.1) is 10.9 Å². The van der Waals surface area contributed by atoms with E-state index in [2.05, 4.69) is 4.72 Å². The molecule has 1 aromatic carbocycles. The topological polar surface area (TPSA) is 72.2 Å². The van der Waals surface area contributed by atoms with Crippen molar-refractivity contribution in [3.63, 3.8) is 0 Å². The van der Waals surface area contributed by atoms with Gasteiger partial charge in [-0.3, -0.25) is 10.1 Å². The van der Waals surface area contributed by atoms with Crippen LogP contribution in [-0.2, 0) is 11.0 Å². The van der Waals surface area contributed by atoms with Crippen LogP contribution in [-0.4, -0.2) is 21.7 Å². The summed E-state index contributed by atoms with van der Waals surface area (Å²) in [5.41, 5.74) is 1.08. The predicted molar refractivity (Wildman–Crippen MR) is 62.0 cm³/mol. The monoisotopic (exact) mass is 242 g/mol. The molecule has 1 aromatic rings. The van der Waals surface area contributed by atoms with Gasteiger partial charge in [-0.1, -0.05) is 17.7 Å². The Balaban J connectivity index is 2.58. The molecule has 0 saturated heterocycles. The maximum absolute atomic E-state index is 11.7. The molecule has 0 radical (unpaired) electrons. The molecule has 0 bridgehead atoms. The first-order chi connectivity index (χ1) is 7.49. The van der Waals surface area contributed by atoms with Gasteiger partial charge in [0.25, 0.3) is 0 Å². The van der Waals surface area contributed by atoms with E-state index < -0.39 is 22.0 Å². The number of nitrogens with one attached hydrogen (secondary N) is 1. The Morgan fingerprint density at radius 1 is 1.44 bits per heavy atom. The van der Waals surface area contributed by atoms with Crippen LogP contribution in [0.2, 0.25) is 0 Å². The van der Waals surface area contributed by atoms with Crippen molar-refractivity contribution in [3.8, 4) is 0 Å². The minimum atomic E-state index is -1.39. The molecular formula is C10H14N2O3S. The summed E-state index contributed by atoms with van der Waals surface area (Å²) in [5, 5.41) is 10.2. The lowest BCUT2D eigenvalue weighted by Gasteiger charge is -2.08. The second-order valence-electron chi connectivity index (χ2n) is 3.62. The molecule has 0 aliphatic carbocycles.